The summed E-state index contributed by atoms with van der Waals surface area (Å²) in [6.07, 6.45) is 1.28. The molecule has 12 heteroatoms. The molecule has 0 saturated carbocycles. The Labute approximate surface area is 330 Å². The minimum absolute atomic E-state index is 0.0252. The maximum Gasteiger partial charge on any atom is 0.407 e. The van der Waals surface area contributed by atoms with Crippen LogP contribution >= 0.6 is 0 Å². The highest BCUT2D eigenvalue weighted by atomic mass is 16.6. The molecule has 0 spiro atoms. The van der Waals surface area contributed by atoms with Gasteiger partial charge in [-0.05, 0) is 101 Å². The lowest BCUT2D eigenvalue weighted by Crippen LogP contribution is -2.46. The predicted molar refractivity (Wildman–Crippen MR) is 212 cm³/mol. The zero-order valence-electron chi connectivity index (χ0n) is 33.5. The quantitative estimate of drug-likeness (QED) is 0.0254. The molecular formula is C44H57N3O9. The third kappa shape index (κ3) is 13.5. The van der Waals surface area contributed by atoms with E-state index < -0.39 is 47.1 Å². The maximum atomic E-state index is 13.5. The van der Waals surface area contributed by atoms with Gasteiger partial charge >= 0.3 is 24.0 Å². The highest BCUT2D eigenvalue weighted by molar-refractivity contribution is 5.97. The van der Waals surface area contributed by atoms with E-state index in [9.17, 15) is 24.0 Å². The Kier molecular flexibility index (Phi) is 15.6. The summed E-state index contributed by atoms with van der Waals surface area (Å²) in [6, 6.07) is 24.2. The molecule has 0 saturated heterocycles. The molecule has 3 aromatic carbocycles. The Hall–Kier alpha value is -5.23. The molecule has 3 N–H and O–H groups in total. The summed E-state index contributed by atoms with van der Waals surface area (Å²) in [5.74, 6) is 2.61. The number of nitrogens with two attached hydrogens (primary N) is 1. The monoisotopic (exact) mass is 771 g/mol. The number of ether oxygens (including phenoxy) is 4. The Balaban J connectivity index is 1.34. The van der Waals surface area contributed by atoms with Crippen LogP contribution in [0.3, 0.4) is 0 Å². The number of nitrogens with one attached hydrogen (secondary N) is 1. The van der Waals surface area contributed by atoms with Gasteiger partial charge in [-0.25, -0.2) is 15.4 Å². The van der Waals surface area contributed by atoms with E-state index in [0.29, 0.717) is 25.7 Å². The molecule has 0 unspecified atom stereocenters. The van der Waals surface area contributed by atoms with Gasteiger partial charge in [-0.15, -0.1) is 0 Å². The van der Waals surface area contributed by atoms with E-state index in [-0.39, 0.29) is 50.9 Å². The number of unbranched alkanes of at least 4 members (excludes halogenated alkanes) is 2. The highest BCUT2D eigenvalue weighted by Crippen LogP contribution is 2.44. The number of hydrazine groups is 1. The standard InChI is InChI=1S/C44H57N3O9/c1-43(2,3)55-38(48)26-15-14-24-35(40(50)56-44(4,5)6)39(49)47(45)27-17-16-25-37(41(51)53-28-30-18-8-7-9-19-30)46-42(52)54-29-36-33-22-12-10-20-31(33)32-21-11-13-23-34(32)36/h7-13,18-23,35-37H,14-17,24-29,45H2,1-6H3,(H,46,52)/t35-,37-/m0/s1. The molecule has 3 aromatic rings. The van der Waals surface area contributed by atoms with E-state index in [0.717, 1.165) is 32.8 Å². The first-order valence-electron chi connectivity index (χ1n) is 19.4. The van der Waals surface area contributed by atoms with Gasteiger partial charge in [0.05, 0.1) is 0 Å². The fourth-order valence-corrected chi connectivity index (χ4v) is 6.53. The summed E-state index contributed by atoms with van der Waals surface area (Å²) in [5.41, 5.74) is 3.69. The van der Waals surface area contributed by atoms with Gasteiger partial charge in [0.15, 0.2) is 0 Å². The molecule has 4 rings (SSSR count). The van der Waals surface area contributed by atoms with Gasteiger partial charge in [-0.2, -0.15) is 0 Å². The van der Waals surface area contributed by atoms with Crippen molar-refractivity contribution in [2.24, 2.45) is 11.8 Å². The van der Waals surface area contributed by atoms with Crippen molar-refractivity contribution in [1.29, 1.82) is 0 Å². The third-order valence-corrected chi connectivity index (χ3v) is 9.10. The molecule has 302 valence electrons. The molecule has 1 aliphatic carbocycles. The SMILES string of the molecule is CC(C)(C)OC(=O)CCCC[C@H](C(=O)OC(C)(C)C)C(=O)N(N)CCCC[C@H](NC(=O)OCC1c2ccccc2-c2ccccc21)C(=O)OCc1ccccc1. The van der Waals surface area contributed by atoms with Crippen LogP contribution in [0.4, 0.5) is 4.79 Å². The number of hydrogen-bond acceptors (Lipinski definition) is 10. The van der Waals surface area contributed by atoms with Gasteiger partial charge in [-0.3, -0.25) is 19.4 Å². The minimum atomic E-state index is -1.16. The predicted octanol–water partition coefficient (Wildman–Crippen LogP) is 7.37. The second-order valence-electron chi connectivity index (χ2n) is 16.1. The van der Waals surface area contributed by atoms with E-state index in [4.69, 9.17) is 24.8 Å². The Morgan fingerprint density at radius 1 is 0.696 bits per heavy atom. The zero-order chi connectivity index (χ0) is 40.9. The molecule has 0 heterocycles. The lowest BCUT2D eigenvalue weighted by molar-refractivity contribution is -0.165. The largest absolute Gasteiger partial charge is 0.460 e. The van der Waals surface area contributed by atoms with E-state index >= 15 is 0 Å². The minimum Gasteiger partial charge on any atom is -0.460 e. The molecule has 0 fully saturated rings. The normalized spacial score (nSPS) is 13.4. The fourth-order valence-electron chi connectivity index (χ4n) is 6.53. The van der Waals surface area contributed by atoms with E-state index in [1.165, 1.54) is 0 Å². The van der Waals surface area contributed by atoms with Gasteiger partial charge < -0.3 is 24.3 Å². The van der Waals surface area contributed by atoms with Gasteiger partial charge in [-0.1, -0.05) is 85.3 Å². The average molecular weight is 772 g/mol. The topological polar surface area (TPSA) is 164 Å². The van der Waals surface area contributed by atoms with Crippen LogP contribution in [0.15, 0.2) is 78.9 Å². The van der Waals surface area contributed by atoms with E-state index in [1.54, 1.807) is 41.5 Å². The number of fused-ring (bicyclic) bond motifs is 3. The van der Waals surface area contributed by atoms with E-state index in [2.05, 4.69) is 17.4 Å². The first kappa shape index (κ1) is 43.5. The van der Waals surface area contributed by atoms with Crippen molar-refractivity contribution in [2.75, 3.05) is 13.2 Å². The molecule has 0 bridgehead atoms. The van der Waals surface area contributed by atoms with Crippen molar-refractivity contribution >= 4 is 29.9 Å². The molecule has 2 amide bonds. The summed E-state index contributed by atoms with van der Waals surface area (Å²) >= 11 is 0. The number of esters is 3. The van der Waals surface area contributed by atoms with Crippen molar-refractivity contribution in [3.8, 4) is 11.1 Å². The average Bonchev–Trinajstić information content (AvgIpc) is 3.46. The molecule has 0 radical (unpaired) electrons. The number of carbonyl (C=O) groups is 5. The van der Waals surface area contributed by atoms with Gasteiger partial charge in [0, 0.05) is 18.9 Å². The summed E-state index contributed by atoms with van der Waals surface area (Å²) in [7, 11) is 0. The summed E-state index contributed by atoms with van der Waals surface area (Å²) < 4.78 is 22.2. The maximum absolute atomic E-state index is 13.5. The Morgan fingerprint density at radius 3 is 1.88 bits per heavy atom. The van der Waals surface area contributed by atoms with Crippen molar-refractivity contribution in [2.45, 2.75) is 116 Å². The first-order valence-corrected chi connectivity index (χ1v) is 19.4. The second-order valence-corrected chi connectivity index (χ2v) is 16.1. The summed E-state index contributed by atoms with van der Waals surface area (Å²) in [4.78, 5) is 65.3. The molecular weight excluding hydrogens is 714 g/mol. The molecule has 56 heavy (non-hydrogen) atoms. The number of benzene rings is 3. The van der Waals surface area contributed by atoms with Crippen LogP contribution in [0, 0.1) is 5.92 Å². The zero-order valence-corrected chi connectivity index (χ0v) is 33.5. The molecule has 0 aliphatic heterocycles. The number of alkyl carbamates (subject to hydrolysis) is 1. The number of nitrogens with zero attached hydrogens (tertiary/aromatic N) is 1. The fraction of sp³-hybridized carbons (Fsp3) is 0.477. The van der Waals surface area contributed by atoms with Crippen molar-refractivity contribution in [1.82, 2.24) is 10.3 Å². The second kappa shape index (κ2) is 20.1. The number of carbonyl (C=O) groups excluding carboxylic acids is 5. The number of hydrogen-bond donors (Lipinski definition) is 2. The van der Waals surface area contributed by atoms with Gasteiger partial charge in [0.25, 0.3) is 5.91 Å². The highest BCUT2D eigenvalue weighted by Gasteiger charge is 2.34. The lowest BCUT2D eigenvalue weighted by atomic mass is 9.98. The lowest BCUT2D eigenvalue weighted by Gasteiger charge is -2.26. The molecule has 12 nitrogen and oxygen atoms in total. The summed E-state index contributed by atoms with van der Waals surface area (Å²) in [5, 5.41) is 3.69. The summed E-state index contributed by atoms with van der Waals surface area (Å²) in [6.45, 7) is 10.7. The van der Waals surface area contributed by atoms with Crippen LogP contribution in [0.5, 0.6) is 0 Å². The Morgan fingerprint density at radius 2 is 1.27 bits per heavy atom. The molecule has 1 aliphatic rings. The van der Waals surface area contributed by atoms with Crippen molar-refractivity contribution in [3.63, 3.8) is 0 Å². The third-order valence-electron chi connectivity index (χ3n) is 9.10. The van der Waals surface area contributed by atoms with Crippen LogP contribution in [0.1, 0.15) is 109 Å². The van der Waals surface area contributed by atoms with Crippen LogP contribution in [0.25, 0.3) is 11.1 Å². The van der Waals surface area contributed by atoms with Crippen LogP contribution in [0.2, 0.25) is 0 Å². The molecule has 0 aromatic heterocycles. The van der Waals surface area contributed by atoms with Crippen molar-refractivity contribution in [3.05, 3.63) is 95.6 Å². The van der Waals surface area contributed by atoms with Crippen molar-refractivity contribution < 1.29 is 42.9 Å². The first-order chi connectivity index (χ1) is 26.5. The number of rotatable bonds is 18. The van der Waals surface area contributed by atoms with Crippen LogP contribution in [-0.4, -0.2) is 65.3 Å². The molecule has 2 atom stereocenters. The van der Waals surface area contributed by atoms with Gasteiger partial charge in [0.2, 0.25) is 0 Å². The van der Waals surface area contributed by atoms with Gasteiger partial charge in [0.1, 0.15) is 36.4 Å². The van der Waals surface area contributed by atoms with E-state index in [1.807, 2.05) is 66.7 Å². The Bertz CT molecular complexity index is 1750. The van der Waals surface area contributed by atoms with Crippen LogP contribution < -0.4 is 11.2 Å². The number of amides is 2. The van der Waals surface area contributed by atoms with Crippen LogP contribution in [-0.2, 0) is 44.7 Å². The smallest absolute Gasteiger partial charge is 0.407 e.